The van der Waals surface area contributed by atoms with Crippen molar-refractivity contribution in [1.82, 2.24) is 4.98 Å². The number of hydrogen-bond acceptors (Lipinski definition) is 3. The lowest BCUT2D eigenvalue weighted by Crippen LogP contribution is -1.99. The predicted octanol–water partition coefficient (Wildman–Crippen LogP) is 4.24. The van der Waals surface area contributed by atoms with Crippen LogP contribution < -0.4 is 0 Å². The molecule has 0 fully saturated rings. The molecule has 3 nitrogen and oxygen atoms in total. The molecular formula is C15H10ClNO2S. The summed E-state index contributed by atoms with van der Waals surface area (Å²) >= 11 is 7.56. The van der Waals surface area contributed by atoms with Gasteiger partial charge < -0.3 is 5.11 Å². The van der Waals surface area contributed by atoms with Gasteiger partial charge in [0, 0.05) is 10.6 Å². The first-order chi connectivity index (χ1) is 9.61. The fourth-order valence-corrected chi connectivity index (χ4v) is 3.14. The van der Waals surface area contributed by atoms with Crippen molar-refractivity contribution in [3.05, 3.63) is 53.1 Å². The summed E-state index contributed by atoms with van der Waals surface area (Å²) in [6, 6.07) is 13.1. The number of nitrogens with zero attached hydrogens (tertiary/aromatic N) is 1. The average Bonchev–Trinajstić information content (AvgIpc) is 2.81. The number of benzene rings is 2. The molecule has 20 heavy (non-hydrogen) atoms. The van der Waals surface area contributed by atoms with Crippen molar-refractivity contribution in [3.8, 4) is 10.6 Å². The molecule has 0 aliphatic heterocycles. The molecular weight excluding hydrogens is 294 g/mol. The van der Waals surface area contributed by atoms with E-state index in [0.29, 0.717) is 5.02 Å². The summed E-state index contributed by atoms with van der Waals surface area (Å²) in [5.41, 5.74) is 2.55. The van der Waals surface area contributed by atoms with E-state index in [2.05, 4.69) is 4.98 Å². The number of carboxylic acid groups (broad SMARTS) is 1. The normalized spacial score (nSPS) is 10.8. The first-order valence-corrected chi connectivity index (χ1v) is 7.18. The topological polar surface area (TPSA) is 50.2 Å². The highest BCUT2D eigenvalue weighted by atomic mass is 35.5. The van der Waals surface area contributed by atoms with Crippen LogP contribution in [0.1, 0.15) is 5.56 Å². The highest BCUT2D eigenvalue weighted by Gasteiger charge is 2.08. The van der Waals surface area contributed by atoms with E-state index in [9.17, 15) is 4.79 Å². The van der Waals surface area contributed by atoms with Gasteiger partial charge in [-0.1, -0.05) is 29.8 Å². The minimum atomic E-state index is -0.838. The Labute approximate surface area is 124 Å². The molecule has 1 heterocycles. The van der Waals surface area contributed by atoms with Gasteiger partial charge in [-0.15, -0.1) is 11.3 Å². The van der Waals surface area contributed by atoms with Crippen LogP contribution >= 0.6 is 22.9 Å². The first kappa shape index (κ1) is 13.1. The lowest BCUT2D eigenvalue weighted by atomic mass is 10.1. The number of aromatic nitrogens is 1. The van der Waals surface area contributed by atoms with Crippen molar-refractivity contribution in [1.29, 1.82) is 0 Å². The van der Waals surface area contributed by atoms with Gasteiger partial charge in [0.05, 0.1) is 16.6 Å². The van der Waals surface area contributed by atoms with E-state index in [1.165, 1.54) is 0 Å². The second kappa shape index (κ2) is 5.23. The molecule has 0 bridgehead atoms. The number of carboxylic acids is 1. The third kappa shape index (κ3) is 2.66. The fraction of sp³-hybridized carbons (Fsp3) is 0.0667. The molecule has 0 saturated carbocycles. The summed E-state index contributed by atoms with van der Waals surface area (Å²) in [5.74, 6) is -0.838. The molecule has 1 aromatic heterocycles. The van der Waals surface area contributed by atoms with E-state index in [0.717, 1.165) is 26.4 Å². The van der Waals surface area contributed by atoms with Gasteiger partial charge in [0.1, 0.15) is 5.01 Å². The van der Waals surface area contributed by atoms with Crippen LogP contribution in [0.4, 0.5) is 0 Å². The summed E-state index contributed by atoms with van der Waals surface area (Å²) in [6.45, 7) is 0. The number of rotatable bonds is 3. The number of fused-ring (bicyclic) bond motifs is 1. The van der Waals surface area contributed by atoms with Crippen LogP contribution in [0.5, 0.6) is 0 Å². The molecule has 0 atom stereocenters. The number of thiazole rings is 1. The van der Waals surface area contributed by atoms with Gasteiger partial charge in [-0.3, -0.25) is 4.79 Å². The van der Waals surface area contributed by atoms with Crippen molar-refractivity contribution in [2.24, 2.45) is 0 Å². The number of hydrogen-bond donors (Lipinski definition) is 1. The quantitative estimate of drug-likeness (QED) is 0.787. The summed E-state index contributed by atoms with van der Waals surface area (Å²) in [4.78, 5) is 15.3. The predicted molar refractivity (Wildman–Crippen MR) is 81.4 cm³/mol. The summed E-state index contributed by atoms with van der Waals surface area (Å²) < 4.78 is 1.04. The Balaban J connectivity index is 2.04. The molecule has 3 rings (SSSR count). The highest BCUT2D eigenvalue weighted by molar-refractivity contribution is 7.21. The van der Waals surface area contributed by atoms with E-state index >= 15 is 0 Å². The molecule has 2 aromatic carbocycles. The second-order valence-electron chi connectivity index (χ2n) is 4.40. The van der Waals surface area contributed by atoms with Crippen LogP contribution in [0.25, 0.3) is 20.8 Å². The van der Waals surface area contributed by atoms with Gasteiger partial charge in [0.2, 0.25) is 0 Å². The molecule has 0 radical (unpaired) electrons. The van der Waals surface area contributed by atoms with E-state index in [4.69, 9.17) is 16.7 Å². The van der Waals surface area contributed by atoms with E-state index in [-0.39, 0.29) is 6.42 Å². The number of aliphatic carboxylic acids is 1. The van der Waals surface area contributed by atoms with Crippen LogP contribution in [-0.2, 0) is 11.2 Å². The zero-order chi connectivity index (χ0) is 14.1. The molecule has 5 heteroatoms. The van der Waals surface area contributed by atoms with E-state index < -0.39 is 5.97 Å². The van der Waals surface area contributed by atoms with Crippen LogP contribution in [0, 0.1) is 0 Å². The Morgan fingerprint density at radius 3 is 2.85 bits per heavy atom. The minimum Gasteiger partial charge on any atom is -0.481 e. The largest absolute Gasteiger partial charge is 0.481 e. The Bertz CT molecular complexity index is 797. The van der Waals surface area contributed by atoms with Gasteiger partial charge in [0.15, 0.2) is 0 Å². The second-order valence-corrected chi connectivity index (χ2v) is 5.87. The Morgan fingerprint density at radius 2 is 2.10 bits per heavy atom. The van der Waals surface area contributed by atoms with Crippen LogP contribution in [0.15, 0.2) is 42.5 Å². The Kier molecular flexibility index (Phi) is 3.42. The molecule has 100 valence electrons. The third-order valence-corrected chi connectivity index (χ3v) is 4.20. The molecule has 0 unspecified atom stereocenters. The maximum absolute atomic E-state index is 10.7. The van der Waals surface area contributed by atoms with Gasteiger partial charge in [-0.2, -0.15) is 0 Å². The zero-order valence-electron chi connectivity index (χ0n) is 10.3. The maximum atomic E-state index is 10.7. The van der Waals surface area contributed by atoms with Gasteiger partial charge in [0.25, 0.3) is 0 Å². The lowest BCUT2D eigenvalue weighted by Gasteiger charge is -1.95. The first-order valence-electron chi connectivity index (χ1n) is 5.99. The Hall–Kier alpha value is -1.91. The standard InChI is InChI=1S/C15H10ClNO2S/c16-11-3-1-2-10(8-11)15-17-12-6-9(7-14(18)19)4-5-13(12)20-15/h1-6,8H,7H2,(H,18,19). The minimum absolute atomic E-state index is 0.0139. The Morgan fingerprint density at radius 1 is 1.25 bits per heavy atom. The number of halogens is 1. The van der Waals surface area contributed by atoms with Crippen molar-refractivity contribution in [2.75, 3.05) is 0 Å². The highest BCUT2D eigenvalue weighted by Crippen LogP contribution is 2.31. The fourth-order valence-electron chi connectivity index (χ4n) is 2.00. The van der Waals surface area contributed by atoms with Crippen molar-refractivity contribution < 1.29 is 9.90 Å². The number of carbonyl (C=O) groups is 1. The van der Waals surface area contributed by atoms with Crippen LogP contribution in [-0.4, -0.2) is 16.1 Å². The van der Waals surface area contributed by atoms with Crippen molar-refractivity contribution >= 4 is 39.1 Å². The van der Waals surface area contributed by atoms with Gasteiger partial charge >= 0.3 is 5.97 Å². The molecule has 0 aliphatic rings. The third-order valence-electron chi connectivity index (χ3n) is 2.88. The monoisotopic (exact) mass is 303 g/mol. The van der Waals surface area contributed by atoms with Gasteiger partial charge in [-0.05, 0) is 29.8 Å². The molecule has 0 saturated heterocycles. The SMILES string of the molecule is O=C(O)Cc1ccc2sc(-c3cccc(Cl)c3)nc2c1. The zero-order valence-corrected chi connectivity index (χ0v) is 11.9. The average molecular weight is 304 g/mol. The van der Waals surface area contributed by atoms with E-state index in [1.54, 1.807) is 11.3 Å². The smallest absolute Gasteiger partial charge is 0.307 e. The van der Waals surface area contributed by atoms with Crippen LogP contribution in [0.3, 0.4) is 0 Å². The summed E-state index contributed by atoms with van der Waals surface area (Å²) in [7, 11) is 0. The lowest BCUT2D eigenvalue weighted by molar-refractivity contribution is -0.136. The van der Waals surface area contributed by atoms with Gasteiger partial charge in [-0.25, -0.2) is 4.98 Å². The van der Waals surface area contributed by atoms with Crippen molar-refractivity contribution in [2.45, 2.75) is 6.42 Å². The van der Waals surface area contributed by atoms with Crippen molar-refractivity contribution in [3.63, 3.8) is 0 Å². The molecule has 0 amide bonds. The molecule has 3 aromatic rings. The molecule has 0 aliphatic carbocycles. The summed E-state index contributed by atoms with van der Waals surface area (Å²) in [5, 5.41) is 10.4. The molecule has 1 N–H and O–H groups in total. The molecule has 0 spiro atoms. The maximum Gasteiger partial charge on any atom is 0.307 e. The van der Waals surface area contributed by atoms with E-state index in [1.807, 2.05) is 42.5 Å². The summed E-state index contributed by atoms with van der Waals surface area (Å²) in [6.07, 6.45) is 0.0139. The van der Waals surface area contributed by atoms with Crippen LogP contribution in [0.2, 0.25) is 5.02 Å².